The van der Waals surface area contributed by atoms with Crippen LogP contribution < -0.4 is 25.8 Å². The number of rotatable bonds is 7. The molecular weight excluding hydrogens is 465 g/mol. The molecule has 0 fully saturated rings. The summed E-state index contributed by atoms with van der Waals surface area (Å²) in [5.41, 5.74) is -1.17. The number of halogens is 3. The first-order chi connectivity index (χ1) is 16.8. The molecule has 8 nitrogen and oxygen atoms in total. The molecule has 3 aromatic rings. The van der Waals surface area contributed by atoms with Crippen LogP contribution in [0.3, 0.4) is 0 Å². The molecule has 0 unspecified atom stereocenters. The first kappa shape index (κ1) is 23.9. The van der Waals surface area contributed by atoms with E-state index in [-0.39, 0.29) is 24.7 Å². The van der Waals surface area contributed by atoms with Gasteiger partial charge < -0.3 is 15.4 Å². The normalized spacial score (nSPS) is 12.7. The third-order valence-corrected chi connectivity index (χ3v) is 5.46. The van der Waals surface area contributed by atoms with Gasteiger partial charge in [-0.25, -0.2) is 13.2 Å². The van der Waals surface area contributed by atoms with Crippen LogP contribution in [0.4, 0.5) is 13.2 Å². The van der Waals surface area contributed by atoms with Gasteiger partial charge in [0.2, 0.25) is 5.43 Å². The lowest BCUT2D eigenvalue weighted by Crippen LogP contribution is -2.52. The Hall–Kier alpha value is -4.28. The van der Waals surface area contributed by atoms with Crippen molar-refractivity contribution in [1.82, 2.24) is 15.3 Å². The highest BCUT2D eigenvalue weighted by Crippen LogP contribution is 2.20. The second-order valence-electron chi connectivity index (χ2n) is 7.69. The number of carbonyl (C=O) groups excluding carboxylic acids is 2. The Kier molecular flexibility index (Phi) is 6.76. The summed E-state index contributed by atoms with van der Waals surface area (Å²) in [5, 5.41) is 6.58. The number of pyridine rings is 1. The van der Waals surface area contributed by atoms with Crippen LogP contribution >= 0.6 is 0 Å². The molecule has 0 saturated carbocycles. The number of nitrogens with zero attached hydrogens (tertiary/aromatic N) is 2. The van der Waals surface area contributed by atoms with Crippen molar-refractivity contribution in [2.75, 3.05) is 18.2 Å². The first-order valence-electron chi connectivity index (χ1n) is 10.7. The minimum absolute atomic E-state index is 0.0421. The Morgan fingerprint density at radius 1 is 1.11 bits per heavy atom. The molecule has 182 valence electrons. The smallest absolute Gasteiger partial charge is 0.275 e. The van der Waals surface area contributed by atoms with Crippen LogP contribution in [0.1, 0.15) is 38.9 Å². The van der Waals surface area contributed by atoms with E-state index in [0.717, 1.165) is 5.56 Å². The van der Waals surface area contributed by atoms with Crippen molar-refractivity contribution in [3.63, 3.8) is 0 Å². The molecule has 0 saturated heterocycles. The third-order valence-electron chi connectivity index (χ3n) is 5.46. The van der Waals surface area contributed by atoms with E-state index in [1.54, 1.807) is 29.3 Å². The predicted molar refractivity (Wildman–Crippen MR) is 120 cm³/mol. The summed E-state index contributed by atoms with van der Waals surface area (Å²) in [6, 6.07) is 9.89. The molecule has 0 atom stereocenters. The monoisotopic (exact) mass is 486 g/mol. The average molecular weight is 486 g/mol. The highest BCUT2D eigenvalue weighted by atomic mass is 19.1. The molecule has 11 heteroatoms. The van der Waals surface area contributed by atoms with E-state index in [4.69, 9.17) is 4.74 Å². The maximum atomic E-state index is 14.0. The summed E-state index contributed by atoms with van der Waals surface area (Å²) in [6.07, 6.45) is 1.18. The number of fused-ring (bicyclic) bond motifs is 1. The fourth-order valence-electron chi connectivity index (χ4n) is 3.63. The fraction of sp³-hybridized carbons (Fsp3) is 0.208. The van der Waals surface area contributed by atoms with Gasteiger partial charge in [-0.2, -0.15) is 0 Å². The number of aromatic nitrogens is 1. The lowest BCUT2D eigenvalue weighted by atomic mass is 10.1. The minimum Gasteiger partial charge on any atom is -0.482 e. The van der Waals surface area contributed by atoms with Gasteiger partial charge in [0.05, 0.1) is 0 Å². The molecule has 0 bridgehead atoms. The Bertz CT molecular complexity index is 1320. The third kappa shape index (κ3) is 4.84. The lowest BCUT2D eigenvalue weighted by molar-refractivity contribution is 0.0906. The summed E-state index contributed by atoms with van der Waals surface area (Å²) in [4.78, 5) is 38.8. The Morgan fingerprint density at radius 3 is 2.46 bits per heavy atom. The molecule has 1 aliphatic rings. The van der Waals surface area contributed by atoms with Gasteiger partial charge in [-0.15, -0.1) is 0 Å². The van der Waals surface area contributed by atoms with Gasteiger partial charge in [0.1, 0.15) is 36.3 Å². The van der Waals surface area contributed by atoms with Crippen molar-refractivity contribution in [2.45, 2.75) is 20.1 Å². The summed E-state index contributed by atoms with van der Waals surface area (Å²) in [6.45, 7) is 1.68. The van der Waals surface area contributed by atoms with Crippen LogP contribution in [0.5, 0.6) is 5.75 Å². The number of ether oxygens (including phenoxy) is 1. The Balaban J connectivity index is 1.70. The quantitative estimate of drug-likeness (QED) is 0.535. The van der Waals surface area contributed by atoms with E-state index in [0.29, 0.717) is 18.7 Å². The van der Waals surface area contributed by atoms with E-state index in [1.807, 2.05) is 13.0 Å². The molecule has 2 amide bonds. The average Bonchev–Trinajstić information content (AvgIpc) is 2.83. The van der Waals surface area contributed by atoms with Crippen LogP contribution in [-0.4, -0.2) is 29.7 Å². The zero-order valence-electron chi connectivity index (χ0n) is 18.6. The van der Waals surface area contributed by atoms with Gasteiger partial charge in [-0.3, -0.25) is 24.1 Å². The van der Waals surface area contributed by atoms with Gasteiger partial charge in [0.25, 0.3) is 11.8 Å². The molecule has 0 spiro atoms. The predicted octanol–water partition coefficient (Wildman–Crippen LogP) is 2.43. The number of amides is 2. The van der Waals surface area contributed by atoms with Gasteiger partial charge >= 0.3 is 0 Å². The highest BCUT2D eigenvalue weighted by Gasteiger charge is 2.30. The van der Waals surface area contributed by atoms with Crippen molar-refractivity contribution in [3.05, 3.63) is 98.7 Å². The number of hydrogen-bond acceptors (Lipinski definition) is 5. The van der Waals surface area contributed by atoms with Gasteiger partial charge in [0.15, 0.2) is 11.4 Å². The van der Waals surface area contributed by atoms with Crippen LogP contribution in [0, 0.1) is 17.5 Å². The number of benzene rings is 2. The van der Waals surface area contributed by atoms with E-state index < -0.39 is 52.4 Å². The molecule has 0 radical (unpaired) electrons. The molecule has 35 heavy (non-hydrogen) atoms. The number of carbonyl (C=O) groups is 2. The summed E-state index contributed by atoms with van der Waals surface area (Å²) >= 11 is 0. The number of hydrogen-bond donors (Lipinski definition) is 2. The summed E-state index contributed by atoms with van der Waals surface area (Å²) in [7, 11) is 0. The largest absolute Gasteiger partial charge is 0.482 e. The van der Waals surface area contributed by atoms with Gasteiger partial charge in [-0.1, -0.05) is 30.3 Å². The van der Waals surface area contributed by atoms with Crippen molar-refractivity contribution in [2.24, 2.45) is 0 Å². The second-order valence-corrected chi connectivity index (χ2v) is 7.69. The zero-order valence-corrected chi connectivity index (χ0v) is 18.6. The topological polar surface area (TPSA) is 92.7 Å². The molecule has 2 aromatic carbocycles. The van der Waals surface area contributed by atoms with Crippen molar-refractivity contribution < 1.29 is 27.5 Å². The van der Waals surface area contributed by atoms with Crippen LogP contribution in [0.2, 0.25) is 0 Å². The lowest BCUT2D eigenvalue weighted by Gasteiger charge is -2.33. The summed E-state index contributed by atoms with van der Waals surface area (Å²) < 4.78 is 48.2. The SMILES string of the molecule is CCN1CNC(=O)c2c(OCc3ccccc3)c(=O)c(C(=O)NCc3c(F)cc(F)cc3F)cn21. The Labute approximate surface area is 197 Å². The summed E-state index contributed by atoms with van der Waals surface area (Å²) in [5.74, 6) is -5.29. The zero-order chi connectivity index (χ0) is 25.1. The minimum atomic E-state index is -1.18. The first-order valence-corrected chi connectivity index (χ1v) is 10.7. The van der Waals surface area contributed by atoms with Crippen LogP contribution in [-0.2, 0) is 13.2 Å². The molecule has 1 aromatic heterocycles. The maximum Gasteiger partial charge on any atom is 0.275 e. The molecular formula is C24H21F3N4O4. The maximum absolute atomic E-state index is 14.0. The van der Waals surface area contributed by atoms with E-state index in [2.05, 4.69) is 10.6 Å². The molecule has 2 N–H and O–H groups in total. The van der Waals surface area contributed by atoms with Crippen LogP contribution in [0.15, 0.2) is 53.5 Å². The number of nitrogens with one attached hydrogen (secondary N) is 2. The van der Waals surface area contributed by atoms with Crippen LogP contribution in [0.25, 0.3) is 0 Å². The standard InChI is InChI=1S/C24H21F3N4O4/c1-2-30-13-29-24(34)20-22(35-12-14-6-4-3-5-7-14)21(32)17(11-31(20)30)23(33)28-10-16-18(26)8-15(25)9-19(16)27/h3-9,11H,2,10,12-13H2,1H3,(H,28,33)(H,29,34). The van der Waals surface area contributed by atoms with Crippen molar-refractivity contribution >= 4 is 11.8 Å². The highest BCUT2D eigenvalue weighted by molar-refractivity contribution is 5.99. The van der Waals surface area contributed by atoms with Gasteiger partial charge in [0, 0.05) is 37.0 Å². The molecule has 1 aliphatic heterocycles. The molecule has 4 rings (SSSR count). The van der Waals surface area contributed by atoms with Gasteiger partial charge in [-0.05, 0) is 12.5 Å². The van der Waals surface area contributed by atoms with Crippen molar-refractivity contribution in [3.8, 4) is 5.75 Å². The van der Waals surface area contributed by atoms with E-state index in [9.17, 15) is 27.6 Å². The van der Waals surface area contributed by atoms with E-state index in [1.165, 1.54) is 10.9 Å². The van der Waals surface area contributed by atoms with E-state index >= 15 is 0 Å². The van der Waals surface area contributed by atoms with Crippen molar-refractivity contribution in [1.29, 1.82) is 0 Å². The molecule has 2 heterocycles. The Morgan fingerprint density at radius 2 is 1.80 bits per heavy atom. The molecule has 0 aliphatic carbocycles. The fourth-order valence-corrected chi connectivity index (χ4v) is 3.63. The second kappa shape index (κ2) is 9.92.